The molecule has 1 aromatic heterocycles. The molecule has 7 nitrogen and oxygen atoms in total. The lowest BCUT2D eigenvalue weighted by atomic mass is 10.1. The second-order valence-electron chi connectivity index (χ2n) is 5.27. The minimum Gasteiger partial charge on any atom is -0.504 e. The highest BCUT2D eigenvalue weighted by Crippen LogP contribution is 2.27. The van der Waals surface area contributed by atoms with E-state index >= 15 is 0 Å². The molecular formula is C18H15FN4O3. The number of para-hydroxylation sites is 1. The van der Waals surface area contributed by atoms with Crippen molar-refractivity contribution in [3.8, 4) is 22.8 Å². The number of ether oxygens (including phenoxy) is 1. The molecule has 0 aliphatic heterocycles. The molecule has 1 heterocycles. The lowest BCUT2D eigenvalue weighted by Gasteiger charge is -2.04. The monoisotopic (exact) mass is 354 g/mol. The minimum atomic E-state index is -0.510. The third-order valence-corrected chi connectivity index (χ3v) is 3.58. The molecule has 26 heavy (non-hydrogen) atoms. The van der Waals surface area contributed by atoms with Crippen LogP contribution in [0.2, 0.25) is 0 Å². The Hall–Kier alpha value is -3.68. The van der Waals surface area contributed by atoms with E-state index in [1.54, 1.807) is 30.3 Å². The smallest absolute Gasteiger partial charge is 0.289 e. The second kappa shape index (κ2) is 7.47. The number of hydrogen-bond donors (Lipinski definition) is 3. The van der Waals surface area contributed by atoms with Crippen LogP contribution in [0.25, 0.3) is 11.3 Å². The molecule has 1 amide bonds. The molecule has 2 aromatic carbocycles. The van der Waals surface area contributed by atoms with E-state index in [1.165, 1.54) is 31.5 Å². The second-order valence-corrected chi connectivity index (χ2v) is 5.27. The molecule has 0 saturated carbocycles. The van der Waals surface area contributed by atoms with E-state index in [4.69, 9.17) is 4.74 Å². The molecule has 0 aliphatic rings. The summed E-state index contributed by atoms with van der Waals surface area (Å²) in [6.07, 6.45) is 1.30. The number of rotatable bonds is 5. The standard InChI is InChI=1S/C18H15FN4O3/c1-26-16-4-2-3-12(17(16)24)10-20-23-18(25)15-9-14(21-22-15)11-5-7-13(19)8-6-11/h2-10,24H,1H3,(H,21,22)(H,23,25)/b20-10-. The van der Waals surface area contributed by atoms with Crippen molar-refractivity contribution in [2.75, 3.05) is 7.11 Å². The van der Waals surface area contributed by atoms with Crippen LogP contribution in [0.4, 0.5) is 4.39 Å². The highest BCUT2D eigenvalue weighted by molar-refractivity contribution is 5.94. The van der Waals surface area contributed by atoms with Crippen LogP contribution in [0, 0.1) is 5.82 Å². The number of hydrazone groups is 1. The fraction of sp³-hybridized carbons (Fsp3) is 0.0556. The summed E-state index contributed by atoms with van der Waals surface area (Å²) in [5.74, 6) is -0.632. The number of aromatic amines is 1. The predicted octanol–water partition coefficient (Wildman–Crippen LogP) is 2.69. The first-order valence-electron chi connectivity index (χ1n) is 7.59. The molecule has 0 saturated heterocycles. The number of aromatic nitrogens is 2. The van der Waals surface area contributed by atoms with Crippen LogP contribution in [0.3, 0.4) is 0 Å². The van der Waals surface area contributed by atoms with Crippen molar-refractivity contribution in [1.29, 1.82) is 0 Å². The SMILES string of the molecule is COc1cccc(/C=N\NC(=O)c2cc(-c3ccc(F)cc3)n[nH]2)c1O. The fourth-order valence-corrected chi connectivity index (χ4v) is 2.24. The van der Waals surface area contributed by atoms with Gasteiger partial charge in [-0.15, -0.1) is 0 Å². The van der Waals surface area contributed by atoms with E-state index in [-0.39, 0.29) is 17.3 Å². The first-order chi connectivity index (χ1) is 12.6. The van der Waals surface area contributed by atoms with Gasteiger partial charge in [-0.05, 0) is 42.5 Å². The van der Waals surface area contributed by atoms with Gasteiger partial charge in [0.2, 0.25) is 0 Å². The van der Waals surface area contributed by atoms with Crippen molar-refractivity contribution in [2.24, 2.45) is 5.10 Å². The van der Waals surface area contributed by atoms with E-state index in [9.17, 15) is 14.3 Å². The molecule has 0 radical (unpaired) electrons. The number of H-pyrrole nitrogens is 1. The topological polar surface area (TPSA) is 99.6 Å². The Labute approximate surface area is 148 Å². The summed E-state index contributed by atoms with van der Waals surface area (Å²) < 4.78 is 18.0. The van der Waals surface area contributed by atoms with Gasteiger partial charge in [-0.3, -0.25) is 9.89 Å². The van der Waals surface area contributed by atoms with Gasteiger partial charge >= 0.3 is 0 Å². The average molecular weight is 354 g/mol. The molecule has 132 valence electrons. The molecule has 0 aliphatic carbocycles. The zero-order chi connectivity index (χ0) is 18.5. The van der Waals surface area contributed by atoms with Crippen molar-refractivity contribution in [1.82, 2.24) is 15.6 Å². The highest BCUT2D eigenvalue weighted by atomic mass is 19.1. The Morgan fingerprint density at radius 2 is 2.08 bits per heavy atom. The Morgan fingerprint density at radius 3 is 2.81 bits per heavy atom. The molecule has 0 atom stereocenters. The van der Waals surface area contributed by atoms with Crippen LogP contribution in [0.15, 0.2) is 53.6 Å². The number of nitrogens with zero attached hydrogens (tertiary/aromatic N) is 2. The third kappa shape index (κ3) is 3.69. The van der Waals surface area contributed by atoms with Gasteiger partial charge in [0.15, 0.2) is 11.5 Å². The van der Waals surface area contributed by atoms with Crippen LogP contribution in [0.5, 0.6) is 11.5 Å². The van der Waals surface area contributed by atoms with Gasteiger partial charge in [0.05, 0.1) is 19.0 Å². The Bertz CT molecular complexity index is 951. The number of hydrogen-bond acceptors (Lipinski definition) is 5. The maximum Gasteiger partial charge on any atom is 0.289 e. The number of phenolic OH excluding ortho intramolecular Hbond substituents is 1. The lowest BCUT2D eigenvalue weighted by Crippen LogP contribution is -2.18. The minimum absolute atomic E-state index is 0.0758. The number of carbonyl (C=O) groups is 1. The first-order valence-corrected chi connectivity index (χ1v) is 7.59. The molecule has 8 heteroatoms. The van der Waals surface area contributed by atoms with Crippen LogP contribution in [0.1, 0.15) is 16.1 Å². The summed E-state index contributed by atoms with van der Waals surface area (Å²) in [5.41, 5.74) is 4.09. The molecule has 0 fully saturated rings. The Morgan fingerprint density at radius 1 is 1.31 bits per heavy atom. The van der Waals surface area contributed by atoms with Crippen molar-refractivity contribution in [3.05, 3.63) is 65.6 Å². The molecule has 0 bridgehead atoms. The number of amides is 1. The Balaban J connectivity index is 1.68. The van der Waals surface area contributed by atoms with Gasteiger partial charge < -0.3 is 9.84 Å². The normalized spacial score (nSPS) is 10.8. The summed E-state index contributed by atoms with van der Waals surface area (Å²) in [6.45, 7) is 0. The largest absolute Gasteiger partial charge is 0.504 e. The molecule has 3 N–H and O–H groups in total. The number of aromatic hydroxyl groups is 1. The van der Waals surface area contributed by atoms with E-state index in [0.29, 0.717) is 22.6 Å². The molecule has 3 aromatic rings. The molecular weight excluding hydrogens is 339 g/mol. The van der Waals surface area contributed by atoms with Crippen LogP contribution in [-0.2, 0) is 0 Å². The van der Waals surface area contributed by atoms with Gasteiger partial charge in [-0.2, -0.15) is 10.2 Å². The number of nitrogens with one attached hydrogen (secondary N) is 2. The maximum absolute atomic E-state index is 13.0. The summed E-state index contributed by atoms with van der Waals surface area (Å²) >= 11 is 0. The fourth-order valence-electron chi connectivity index (χ4n) is 2.24. The van der Waals surface area contributed by atoms with Crippen LogP contribution in [-0.4, -0.2) is 34.5 Å². The molecule has 0 spiro atoms. The zero-order valence-corrected chi connectivity index (χ0v) is 13.7. The van der Waals surface area contributed by atoms with Gasteiger partial charge in [-0.1, -0.05) is 6.07 Å². The third-order valence-electron chi connectivity index (χ3n) is 3.58. The van der Waals surface area contributed by atoms with Crippen molar-refractivity contribution in [3.63, 3.8) is 0 Å². The predicted molar refractivity (Wildman–Crippen MR) is 93.7 cm³/mol. The number of benzene rings is 2. The summed E-state index contributed by atoms with van der Waals surface area (Å²) in [7, 11) is 1.44. The van der Waals surface area contributed by atoms with Crippen molar-refractivity contribution >= 4 is 12.1 Å². The van der Waals surface area contributed by atoms with E-state index in [2.05, 4.69) is 20.7 Å². The van der Waals surface area contributed by atoms with Crippen LogP contribution >= 0.6 is 0 Å². The quantitative estimate of drug-likeness (QED) is 0.484. The van der Waals surface area contributed by atoms with Crippen molar-refractivity contribution < 1.29 is 19.0 Å². The van der Waals surface area contributed by atoms with Crippen molar-refractivity contribution in [2.45, 2.75) is 0 Å². The van der Waals surface area contributed by atoms with Crippen LogP contribution < -0.4 is 10.2 Å². The Kier molecular flexibility index (Phi) is 4.93. The van der Waals surface area contributed by atoms with Gasteiger partial charge in [0, 0.05) is 11.1 Å². The number of methoxy groups -OCH3 is 1. The number of halogens is 1. The van der Waals surface area contributed by atoms with E-state index in [0.717, 1.165) is 0 Å². The first kappa shape index (κ1) is 17.2. The maximum atomic E-state index is 13.0. The van der Waals surface area contributed by atoms with E-state index < -0.39 is 5.91 Å². The summed E-state index contributed by atoms with van der Waals surface area (Å²) in [5, 5.41) is 20.4. The number of phenols is 1. The van der Waals surface area contributed by atoms with Gasteiger partial charge in [0.1, 0.15) is 11.5 Å². The number of carbonyl (C=O) groups excluding carboxylic acids is 1. The average Bonchev–Trinajstić information content (AvgIpc) is 3.14. The highest BCUT2D eigenvalue weighted by Gasteiger charge is 2.11. The summed E-state index contributed by atoms with van der Waals surface area (Å²) in [4.78, 5) is 12.1. The summed E-state index contributed by atoms with van der Waals surface area (Å²) in [6, 6.07) is 12.2. The molecule has 3 rings (SSSR count). The van der Waals surface area contributed by atoms with Gasteiger partial charge in [-0.25, -0.2) is 9.82 Å². The zero-order valence-electron chi connectivity index (χ0n) is 13.7. The lowest BCUT2D eigenvalue weighted by molar-refractivity contribution is 0.0950. The van der Waals surface area contributed by atoms with Gasteiger partial charge in [0.25, 0.3) is 5.91 Å². The molecule has 0 unspecified atom stereocenters. The van der Waals surface area contributed by atoms with E-state index in [1.807, 2.05) is 0 Å².